The fourth-order valence-electron chi connectivity index (χ4n) is 4.85. The molecule has 2 aromatic rings. The summed E-state index contributed by atoms with van der Waals surface area (Å²) >= 11 is 0. The Hall–Kier alpha value is -2.20. The lowest BCUT2D eigenvalue weighted by Crippen LogP contribution is -2.49. The maximum Gasteiger partial charge on any atom is 0.160 e. The van der Waals surface area contributed by atoms with E-state index in [-0.39, 0.29) is 17.2 Å². The number of phenols is 1. The van der Waals surface area contributed by atoms with Gasteiger partial charge in [-0.1, -0.05) is 18.6 Å². The molecule has 1 aliphatic heterocycles. The number of likely N-dealkylation sites (N-methyl/N-ethyl adjacent to an activating group) is 1. The van der Waals surface area contributed by atoms with Crippen molar-refractivity contribution in [1.29, 1.82) is 0 Å². The van der Waals surface area contributed by atoms with E-state index in [0.29, 0.717) is 5.75 Å². The predicted molar refractivity (Wildman–Crippen MR) is 102 cm³/mol. The zero-order chi connectivity index (χ0) is 18.3. The number of methoxy groups -OCH3 is 2. The van der Waals surface area contributed by atoms with Crippen LogP contribution >= 0.6 is 0 Å². The van der Waals surface area contributed by atoms with Crippen LogP contribution in [0.4, 0.5) is 0 Å². The molecule has 1 unspecified atom stereocenters. The fourth-order valence-corrected chi connectivity index (χ4v) is 4.85. The fraction of sp³-hybridized carbons (Fsp3) is 0.455. The topological polar surface area (TPSA) is 41.9 Å². The molecule has 1 N–H and O–H groups in total. The third-order valence-corrected chi connectivity index (χ3v) is 6.32. The van der Waals surface area contributed by atoms with Gasteiger partial charge >= 0.3 is 0 Å². The zero-order valence-corrected chi connectivity index (χ0v) is 15.8. The second kappa shape index (κ2) is 6.51. The highest BCUT2D eigenvalue weighted by Crippen LogP contribution is 2.56. The van der Waals surface area contributed by atoms with Crippen LogP contribution < -0.4 is 9.47 Å². The van der Waals surface area contributed by atoms with Crippen molar-refractivity contribution in [2.24, 2.45) is 0 Å². The molecule has 2 aromatic carbocycles. The van der Waals surface area contributed by atoms with Gasteiger partial charge in [0.15, 0.2) is 11.5 Å². The molecule has 0 saturated heterocycles. The summed E-state index contributed by atoms with van der Waals surface area (Å²) in [5, 5.41) is 10.4. The lowest BCUT2D eigenvalue weighted by molar-refractivity contribution is 0.0713. The van der Waals surface area contributed by atoms with E-state index in [1.807, 2.05) is 18.2 Å². The number of aromatic hydroxyl groups is 1. The summed E-state index contributed by atoms with van der Waals surface area (Å²) in [6.07, 6.45) is 4.52. The molecule has 1 heterocycles. The average molecular weight is 353 g/mol. The summed E-state index contributed by atoms with van der Waals surface area (Å²) in [5.74, 6) is 1.70. The van der Waals surface area contributed by atoms with Gasteiger partial charge in [0.2, 0.25) is 0 Å². The lowest BCUT2D eigenvalue weighted by Gasteiger charge is -2.53. The minimum atomic E-state index is 0.0689. The van der Waals surface area contributed by atoms with Crippen molar-refractivity contribution in [2.45, 2.75) is 37.1 Å². The Morgan fingerprint density at radius 3 is 2.58 bits per heavy atom. The number of rotatable bonds is 4. The molecule has 0 spiro atoms. The highest BCUT2D eigenvalue weighted by molar-refractivity contribution is 5.51. The van der Waals surface area contributed by atoms with Gasteiger partial charge in [-0.05, 0) is 67.3 Å². The van der Waals surface area contributed by atoms with Gasteiger partial charge in [-0.25, -0.2) is 0 Å². The molecule has 1 aliphatic carbocycles. The number of ether oxygens (including phenoxy) is 2. The Morgan fingerprint density at radius 1 is 1.12 bits per heavy atom. The maximum atomic E-state index is 10.4. The van der Waals surface area contributed by atoms with Gasteiger partial charge in [0.25, 0.3) is 0 Å². The van der Waals surface area contributed by atoms with Gasteiger partial charge in [-0.3, -0.25) is 4.90 Å². The molecule has 0 bridgehead atoms. The molecule has 4 rings (SSSR count). The van der Waals surface area contributed by atoms with E-state index < -0.39 is 0 Å². The molecule has 1 fully saturated rings. The van der Waals surface area contributed by atoms with Gasteiger partial charge in [-0.2, -0.15) is 0 Å². The molecule has 0 amide bonds. The molecular formula is C22H27NO3. The van der Waals surface area contributed by atoms with Crippen molar-refractivity contribution < 1.29 is 14.6 Å². The second-order valence-electron chi connectivity index (χ2n) is 7.60. The van der Waals surface area contributed by atoms with Crippen LogP contribution in [0.1, 0.15) is 42.0 Å². The van der Waals surface area contributed by atoms with Crippen LogP contribution in [0.25, 0.3) is 0 Å². The SMILES string of the molecule is COc1cccc(C2(C3c4cc(O)c(OC)cc4CCN3C)CCC2)c1. The molecule has 1 atom stereocenters. The highest BCUT2D eigenvalue weighted by atomic mass is 16.5. The Bertz CT molecular complexity index is 813. The molecule has 0 radical (unpaired) electrons. The lowest BCUT2D eigenvalue weighted by atomic mass is 9.57. The number of fused-ring (bicyclic) bond motifs is 1. The van der Waals surface area contributed by atoms with E-state index >= 15 is 0 Å². The van der Waals surface area contributed by atoms with Crippen LogP contribution in [0.3, 0.4) is 0 Å². The molecule has 4 heteroatoms. The first-order valence-electron chi connectivity index (χ1n) is 9.33. The third kappa shape index (κ3) is 2.55. The van der Waals surface area contributed by atoms with Crippen molar-refractivity contribution in [2.75, 3.05) is 27.8 Å². The van der Waals surface area contributed by atoms with Crippen LogP contribution in [0, 0.1) is 0 Å². The minimum absolute atomic E-state index is 0.0689. The van der Waals surface area contributed by atoms with Crippen molar-refractivity contribution in [3.63, 3.8) is 0 Å². The smallest absolute Gasteiger partial charge is 0.160 e. The first-order valence-corrected chi connectivity index (χ1v) is 9.33. The number of nitrogens with zero attached hydrogens (tertiary/aromatic N) is 1. The minimum Gasteiger partial charge on any atom is -0.504 e. The van der Waals surface area contributed by atoms with Crippen molar-refractivity contribution in [3.05, 3.63) is 53.1 Å². The molecule has 26 heavy (non-hydrogen) atoms. The zero-order valence-electron chi connectivity index (χ0n) is 15.8. The van der Waals surface area contributed by atoms with Crippen molar-refractivity contribution >= 4 is 0 Å². The maximum absolute atomic E-state index is 10.4. The summed E-state index contributed by atoms with van der Waals surface area (Å²) in [4.78, 5) is 2.45. The number of hydrogen-bond donors (Lipinski definition) is 1. The van der Waals surface area contributed by atoms with Crippen LogP contribution in [-0.4, -0.2) is 37.8 Å². The van der Waals surface area contributed by atoms with Crippen molar-refractivity contribution in [1.82, 2.24) is 4.90 Å². The largest absolute Gasteiger partial charge is 0.504 e. The van der Waals surface area contributed by atoms with E-state index in [9.17, 15) is 5.11 Å². The third-order valence-electron chi connectivity index (χ3n) is 6.32. The van der Waals surface area contributed by atoms with Gasteiger partial charge in [0.05, 0.1) is 14.2 Å². The molecule has 0 aromatic heterocycles. The quantitative estimate of drug-likeness (QED) is 0.900. The summed E-state index contributed by atoms with van der Waals surface area (Å²) < 4.78 is 10.8. The van der Waals surface area contributed by atoms with Crippen LogP contribution in [-0.2, 0) is 11.8 Å². The normalized spacial score (nSPS) is 21.6. The Morgan fingerprint density at radius 2 is 1.92 bits per heavy atom. The van der Waals surface area contributed by atoms with Gasteiger partial charge < -0.3 is 14.6 Å². The van der Waals surface area contributed by atoms with E-state index in [1.54, 1.807) is 14.2 Å². The van der Waals surface area contributed by atoms with Gasteiger partial charge in [0.1, 0.15) is 5.75 Å². The van der Waals surface area contributed by atoms with E-state index in [1.165, 1.54) is 23.1 Å². The van der Waals surface area contributed by atoms with Crippen LogP contribution in [0.2, 0.25) is 0 Å². The Balaban J connectivity index is 1.84. The number of phenolic OH excluding ortho intramolecular Hbond substituents is 1. The van der Waals surface area contributed by atoms with E-state index in [4.69, 9.17) is 9.47 Å². The molecule has 2 aliphatic rings. The summed E-state index contributed by atoms with van der Waals surface area (Å²) in [7, 11) is 5.53. The van der Waals surface area contributed by atoms with E-state index in [0.717, 1.165) is 31.6 Å². The van der Waals surface area contributed by atoms with Gasteiger partial charge in [0, 0.05) is 18.0 Å². The monoisotopic (exact) mass is 353 g/mol. The summed E-state index contributed by atoms with van der Waals surface area (Å²) in [5.41, 5.74) is 3.93. The van der Waals surface area contributed by atoms with Crippen LogP contribution in [0.15, 0.2) is 36.4 Å². The van der Waals surface area contributed by atoms with Crippen LogP contribution in [0.5, 0.6) is 17.2 Å². The summed E-state index contributed by atoms with van der Waals surface area (Å²) in [6.45, 7) is 1.01. The average Bonchev–Trinajstić information content (AvgIpc) is 2.62. The van der Waals surface area contributed by atoms with E-state index in [2.05, 4.69) is 30.1 Å². The van der Waals surface area contributed by atoms with Crippen molar-refractivity contribution in [3.8, 4) is 17.2 Å². The molecular weight excluding hydrogens is 326 g/mol. The number of benzene rings is 2. The second-order valence-corrected chi connectivity index (χ2v) is 7.60. The standard InChI is InChI=1S/C22H27NO3/c1-23-11-8-15-12-20(26-3)19(24)14-18(15)21(23)22(9-5-10-22)16-6-4-7-17(13-16)25-2/h4,6-7,12-14,21,24H,5,8-11H2,1-3H3. The summed E-state index contributed by atoms with van der Waals surface area (Å²) in [6, 6.07) is 12.7. The van der Waals surface area contributed by atoms with Gasteiger partial charge in [-0.15, -0.1) is 0 Å². The highest BCUT2D eigenvalue weighted by Gasteiger charge is 2.49. The number of hydrogen-bond acceptors (Lipinski definition) is 4. The Labute approximate surface area is 155 Å². The first kappa shape index (κ1) is 17.2. The molecule has 138 valence electrons. The first-order chi connectivity index (χ1) is 12.6. The molecule has 4 nitrogen and oxygen atoms in total. The predicted octanol–water partition coefficient (Wildman–Crippen LogP) is 4.06. The molecule has 1 saturated carbocycles. The Kier molecular flexibility index (Phi) is 4.31.